The van der Waals surface area contributed by atoms with Gasteiger partial charge in [-0.1, -0.05) is 44.2 Å². The molecule has 1 aromatic carbocycles. The molecule has 1 amide bonds. The summed E-state index contributed by atoms with van der Waals surface area (Å²) in [5, 5.41) is 24.7. The van der Waals surface area contributed by atoms with Crippen molar-refractivity contribution in [2.75, 3.05) is 25.6 Å². The normalized spacial score (nSPS) is 28.5. The van der Waals surface area contributed by atoms with Crippen LogP contribution >= 0.6 is 11.8 Å². The topological polar surface area (TPSA) is 84.3 Å². The first-order valence-electron chi connectivity index (χ1n) is 11.9. The molecule has 34 heavy (non-hydrogen) atoms. The maximum absolute atomic E-state index is 13.5. The van der Waals surface area contributed by atoms with Gasteiger partial charge in [0.15, 0.2) is 11.5 Å². The second kappa shape index (κ2) is 8.91. The number of allylic oxidation sites excluding steroid dienone is 3. The highest BCUT2D eigenvalue weighted by Gasteiger charge is 2.48. The average Bonchev–Trinajstić information content (AvgIpc) is 3.00. The summed E-state index contributed by atoms with van der Waals surface area (Å²) >= 11 is 1.82. The predicted octanol–water partition coefficient (Wildman–Crippen LogP) is 3.41. The molecule has 7 nitrogen and oxygen atoms in total. The van der Waals surface area contributed by atoms with Crippen LogP contribution < -0.4 is 0 Å². The number of nitrogens with zero attached hydrogens (tertiary/aromatic N) is 3. The molecule has 8 heteroatoms. The molecule has 0 bridgehead atoms. The maximum atomic E-state index is 13.5. The van der Waals surface area contributed by atoms with Crippen LogP contribution in [0.5, 0.6) is 0 Å². The summed E-state index contributed by atoms with van der Waals surface area (Å²) in [4.78, 5) is 28.9. The number of aliphatic hydroxyl groups is 2. The van der Waals surface area contributed by atoms with Crippen LogP contribution in [-0.2, 0) is 9.59 Å². The minimum absolute atomic E-state index is 0.0187. The number of hydrogen-bond donors (Lipinski definition) is 2. The van der Waals surface area contributed by atoms with Crippen molar-refractivity contribution < 1.29 is 19.8 Å². The van der Waals surface area contributed by atoms with Crippen LogP contribution in [0.1, 0.15) is 38.8 Å². The van der Waals surface area contributed by atoms with Crippen LogP contribution in [0, 0.1) is 11.8 Å². The molecule has 2 N–H and O–H groups in total. The molecule has 3 unspecified atom stereocenters. The Labute approximate surface area is 204 Å². The summed E-state index contributed by atoms with van der Waals surface area (Å²) in [5.41, 5.74) is 3.79. The van der Waals surface area contributed by atoms with Gasteiger partial charge in [-0.25, -0.2) is 0 Å². The van der Waals surface area contributed by atoms with E-state index in [2.05, 4.69) is 36.2 Å². The fraction of sp³-hybridized carbons (Fsp3) is 0.462. The van der Waals surface area contributed by atoms with Gasteiger partial charge < -0.3 is 15.1 Å². The first-order valence-corrected chi connectivity index (χ1v) is 12.9. The van der Waals surface area contributed by atoms with Crippen molar-refractivity contribution in [1.82, 2.24) is 14.9 Å². The van der Waals surface area contributed by atoms with Crippen molar-refractivity contribution in [3.05, 3.63) is 64.6 Å². The zero-order valence-corrected chi connectivity index (χ0v) is 20.6. The molecule has 1 fully saturated rings. The van der Waals surface area contributed by atoms with Crippen LogP contribution in [-0.4, -0.2) is 68.4 Å². The molecular weight excluding hydrogens is 450 g/mol. The van der Waals surface area contributed by atoms with E-state index in [1.807, 2.05) is 28.9 Å². The van der Waals surface area contributed by atoms with Crippen LogP contribution in [0.4, 0.5) is 0 Å². The lowest BCUT2D eigenvalue weighted by molar-refractivity contribution is -0.167. The van der Waals surface area contributed by atoms with Crippen LogP contribution in [0.25, 0.3) is 0 Å². The fourth-order valence-electron chi connectivity index (χ4n) is 5.46. The molecule has 1 saturated heterocycles. The van der Waals surface area contributed by atoms with Gasteiger partial charge in [-0.05, 0) is 42.0 Å². The van der Waals surface area contributed by atoms with Crippen LogP contribution in [0.3, 0.4) is 0 Å². The summed E-state index contributed by atoms with van der Waals surface area (Å²) in [6, 6.07) is 7.75. The SMILES string of the molecule is CC1CN2C(=C(O)C1=O)C(=O)N([C@@H](C)CO)CN2C1C2=C(C=CCC2C)CSc2ccccc21. The highest BCUT2D eigenvalue weighted by molar-refractivity contribution is 7.99. The van der Waals surface area contributed by atoms with Crippen molar-refractivity contribution >= 4 is 23.5 Å². The van der Waals surface area contributed by atoms with Gasteiger partial charge in [0.1, 0.15) is 0 Å². The van der Waals surface area contributed by atoms with E-state index >= 15 is 0 Å². The summed E-state index contributed by atoms with van der Waals surface area (Å²) < 4.78 is 0. The van der Waals surface area contributed by atoms with Gasteiger partial charge >= 0.3 is 0 Å². The quantitative estimate of drug-likeness (QED) is 0.684. The maximum Gasteiger partial charge on any atom is 0.276 e. The molecule has 0 aromatic heterocycles. The number of hydrazine groups is 1. The predicted molar refractivity (Wildman–Crippen MR) is 130 cm³/mol. The van der Waals surface area contributed by atoms with Crippen molar-refractivity contribution in [3.8, 4) is 0 Å². The van der Waals surface area contributed by atoms with Crippen molar-refractivity contribution in [3.63, 3.8) is 0 Å². The monoisotopic (exact) mass is 481 g/mol. The van der Waals surface area contributed by atoms with Gasteiger partial charge in [-0.15, -0.1) is 11.8 Å². The Morgan fingerprint density at radius 2 is 1.94 bits per heavy atom. The molecule has 1 aromatic rings. The number of aliphatic hydroxyl groups excluding tert-OH is 2. The second-order valence-corrected chi connectivity index (χ2v) is 10.7. The van der Waals surface area contributed by atoms with Crippen molar-refractivity contribution in [1.29, 1.82) is 0 Å². The zero-order valence-electron chi connectivity index (χ0n) is 19.8. The number of carbonyl (C=O) groups excluding carboxylic acids is 2. The second-order valence-electron chi connectivity index (χ2n) is 9.68. The Morgan fingerprint density at radius 1 is 1.18 bits per heavy atom. The summed E-state index contributed by atoms with van der Waals surface area (Å²) in [6.07, 6.45) is 5.39. The summed E-state index contributed by atoms with van der Waals surface area (Å²) in [5.74, 6) is -0.570. The Bertz CT molecular complexity index is 1130. The highest BCUT2D eigenvalue weighted by atomic mass is 32.2. The molecule has 0 spiro atoms. The number of benzene rings is 1. The van der Waals surface area contributed by atoms with Gasteiger partial charge in [0.05, 0.1) is 25.4 Å². The Hall–Kier alpha value is -2.55. The van der Waals surface area contributed by atoms with E-state index in [4.69, 9.17) is 0 Å². The van der Waals surface area contributed by atoms with Gasteiger partial charge in [0.2, 0.25) is 5.78 Å². The molecule has 3 heterocycles. The van der Waals surface area contributed by atoms with E-state index in [1.165, 1.54) is 16.0 Å². The molecule has 180 valence electrons. The lowest BCUT2D eigenvalue weighted by Crippen LogP contribution is -2.64. The van der Waals surface area contributed by atoms with Gasteiger partial charge in [-0.3, -0.25) is 14.6 Å². The van der Waals surface area contributed by atoms with E-state index in [0.717, 1.165) is 17.7 Å². The van der Waals surface area contributed by atoms with Gasteiger partial charge in [-0.2, -0.15) is 5.01 Å². The number of rotatable bonds is 3. The largest absolute Gasteiger partial charge is 0.503 e. The molecule has 1 aliphatic carbocycles. The minimum Gasteiger partial charge on any atom is -0.503 e. The van der Waals surface area contributed by atoms with Crippen molar-refractivity contribution in [2.24, 2.45) is 11.8 Å². The van der Waals surface area contributed by atoms with E-state index < -0.39 is 29.4 Å². The van der Waals surface area contributed by atoms with Crippen LogP contribution in [0.15, 0.2) is 63.9 Å². The number of thioether (sulfide) groups is 1. The van der Waals surface area contributed by atoms with Crippen molar-refractivity contribution in [2.45, 2.75) is 44.2 Å². The Balaban J connectivity index is 1.73. The number of Topliss-reactive ketones (excluding diaryl/α,β-unsaturated/α-hetero) is 1. The number of fused-ring (bicyclic) bond motifs is 2. The molecule has 4 atom stereocenters. The van der Waals surface area contributed by atoms with Gasteiger partial charge in [0, 0.05) is 23.1 Å². The first kappa shape index (κ1) is 23.2. The molecule has 5 rings (SSSR count). The molecular formula is C26H31N3O4S. The Kier molecular flexibility index (Phi) is 6.08. The summed E-state index contributed by atoms with van der Waals surface area (Å²) in [7, 11) is 0. The van der Waals surface area contributed by atoms with E-state index in [-0.39, 0.29) is 25.0 Å². The number of amides is 1. The van der Waals surface area contributed by atoms with E-state index in [9.17, 15) is 19.8 Å². The molecule has 0 radical (unpaired) electrons. The first-order chi connectivity index (χ1) is 16.3. The standard InChI is InChI=1S/C26H31N3O4S/c1-15-7-6-8-18-13-34-20-10-5-4-9-19(20)22(21(15)18)29-14-27(17(3)12-30)26(33)23-25(32)24(31)16(2)11-28(23)29/h4-6,8-10,15-17,22,30,32H,7,11-14H2,1-3H3/t15?,16?,17-,22?/m0/s1. The number of hydrogen-bond acceptors (Lipinski definition) is 7. The van der Waals surface area contributed by atoms with Gasteiger partial charge in [0.25, 0.3) is 5.91 Å². The third kappa shape index (κ3) is 3.59. The third-order valence-electron chi connectivity index (χ3n) is 7.38. The fourth-order valence-corrected chi connectivity index (χ4v) is 6.55. The molecule has 4 aliphatic rings. The van der Waals surface area contributed by atoms with E-state index in [0.29, 0.717) is 12.5 Å². The lowest BCUT2D eigenvalue weighted by atomic mass is 9.81. The molecule has 0 saturated carbocycles. The van der Waals surface area contributed by atoms with Crippen LogP contribution in [0.2, 0.25) is 0 Å². The molecule has 3 aliphatic heterocycles. The summed E-state index contributed by atoms with van der Waals surface area (Å²) in [6.45, 7) is 6.18. The Morgan fingerprint density at radius 3 is 2.71 bits per heavy atom. The zero-order chi connectivity index (χ0) is 24.1. The number of carbonyl (C=O) groups is 2. The third-order valence-corrected chi connectivity index (χ3v) is 8.52. The minimum atomic E-state index is -0.481. The number of ketones is 1. The highest BCUT2D eigenvalue weighted by Crippen LogP contribution is 2.48. The smallest absolute Gasteiger partial charge is 0.276 e. The van der Waals surface area contributed by atoms with E-state index in [1.54, 1.807) is 18.7 Å². The average molecular weight is 482 g/mol. The lowest BCUT2D eigenvalue weighted by Gasteiger charge is -2.53.